The number of aryl methyl sites for hydroxylation is 2. The first kappa shape index (κ1) is 12.8. The quantitative estimate of drug-likeness (QED) is 0.842. The Morgan fingerprint density at radius 1 is 0.889 bits per heavy atom. The Bertz CT molecular complexity index is 474. The van der Waals surface area contributed by atoms with Gasteiger partial charge in [-0.2, -0.15) is 0 Å². The number of benzene rings is 2. The minimum Gasteiger partial charge on any atom is -0.324 e. The summed E-state index contributed by atoms with van der Waals surface area (Å²) in [5.74, 6) is 0. The van der Waals surface area contributed by atoms with Crippen molar-refractivity contribution >= 4 is 0 Å². The number of nitrogens with two attached hydrogens (primary N) is 1. The van der Waals surface area contributed by atoms with E-state index < -0.39 is 0 Å². The fraction of sp³-hybridized carbons (Fsp3) is 0.294. The molecule has 2 N–H and O–H groups in total. The van der Waals surface area contributed by atoms with E-state index in [-0.39, 0.29) is 6.04 Å². The van der Waals surface area contributed by atoms with Gasteiger partial charge in [-0.3, -0.25) is 0 Å². The van der Waals surface area contributed by atoms with E-state index >= 15 is 0 Å². The van der Waals surface area contributed by atoms with Gasteiger partial charge in [-0.1, -0.05) is 54.6 Å². The van der Waals surface area contributed by atoms with Gasteiger partial charge in [-0.15, -0.1) is 0 Å². The topological polar surface area (TPSA) is 26.0 Å². The molecule has 94 valence electrons. The molecule has 1 heteroatoms. The van der Waals surface area contributed by atoms with E-state index in [0.717, 1.165) is 12.8 Å². The van der Waals surface area contributed by atoms with Crippen LogP contribution in [0.2, 0.25) is 0 Å². The zero-order valence-corrected chi connectivity index (χ0v) is 11.0. The summed E-state index contributed by atoms with van der Waals surface area (Å²) in [6.07, 6.45) is 3.45. The highest BCUT2D eigenvalue weighted by atomic mass is 14.6. The maximum absolute atomic E-state index is 5.90. The van der Waals surface area contributed by atoms with Crippen molar-refractivity contribution in [3.63, 3.8) is 0 Å². The molecular weight excluding hydrogens is 218 g/mol. The standard InChI is InChI=1S/C17H21N/c1-14(18)17-12-6-11-16(13-17)10-5-9-15-7-3-2-4-8-15/h2-4,6-8,11-14H,5,9-10,18H2,1H3. The van der Waals surface area contributed by atoms with Gasteiger partial charge >= 0.3 is 0 Å². The van der Waals surface area contributed by atoms with Gasteiger partial charge in [-0.25, -0.2) is 0 Å². The maximum Gasteiger partial charge on any atom is 0.0266 e. The summed E-state index contributed by atoms with van der Waals surface area (Å²) in [4.78, 5) is 0. The van der Waals surface area contributed by atoms with Crippen LogP contribution in [0, 0.1) is 0 Å². The van der Waals surface area contributed by atoms with E-state index in [2.05, 4.69) is 54.6 Å². The van der Waals surface area contributed by atoms with Crippen LogP contribution in [-0.4, -0.2) is 0 Å². The Kier molecular flexibility index (Phi) is 4.54. The lowest BCUT2D eigenvalue weighted by Gasteiger charge is -2.08. The summed E-state index contributed by atoms with van der Waals surface area (Å²) in [6.45, 7) is 2.03. The first-order valence-electron chi connectivity index (χ1n) is 6.64. The van der Waals surface area contributed by atoms with Crippen LogP contribution in [0.15, 0.2) is 54.6 Å². The van der Waals surface area contributed by atoms with E-state index in [1.54, 1.807) is 0 Å². The minimum absolute atomic E-state index is 0.124. The molecule has 1 nitrogen and oxygen atoms in total. The van der Waals surface area contributed by atoms with Gasteiger partial charge in [-0.05, 0) is 42.9 Å². The van der Waals surface area contributed by atoms with Crippen molar-refractivity contribution in [3.8, 4) is 0 Å². The molecule has 0 aliphatic carbocycles. The fourth-order valence-corrected chi connectivity index (χ4v) is 2.17. The first-order chi connectivity index (χ1) is 8.75. The van der Waals surface area contributed by atoms with Gasteiger partial charge in [0.05, 0.1) is 0 Å². The smallest absolute Gasteiger partial charge is 0.0266 e. The molecule has 0 aliphatic rings. The monoisotopic (exact) mass is 239 g/mol. The summed E-state index contributed by atoms with van der Waals surface area (Å²) in [5, 5.41) is 0. The predicted molar refractivity (Wildman–Crippen MR) is 77.5 cm³/mol. The maximum atomic E-state index is 5.90. The Balaban J connectivity index is 1.89. The van der Waals surface area contributed by atoms with E-state index in [9.17, 15) is 0 Å². The normalized spacial score (nSPS) is 12.3. The Hall–Kier alpha value is -1.60. The molecule has 18 heavy (non-hydrogen) atoms. The molecule has 0 radical (unpaired) electrons. The van der Waals surface area contributed by atoms with Gasteiger partial charge in [0, 0.05) is 6.04 Å². The lowest BCUT2D eigenvalue weighted by molar-refractivity contribution is 0.797. The SMILES string of the molecule is CC(N)c1cccc(CCCc2ccccc2)c1. The zero-order valence-electron chi connectivity index (χ0n) is 11.0. The molecular formula is C17H21N. The highest BCUT2D eigenvalue weighted by molar-refractivity contribution is 5.25. The van der Waals surface area contributed by atoms with Gasteiger partial charge in [0.25, 0.3) is 0 Å². The Morgan fingerprint density at radius 3 is 2.28 bits per heavy atom. The van der Waals surface area contributed by atoms with Crippen molar-refractivity contribution in [2.24, 2.45) is 5.73 Å². The summed E-state index contributed by atoms with van der Waals surface area (Å²) in [7, 11) is 0. The molecule has 2 aromatic rings. The second kappa shape index (κ2) is 6.36. The van der Waals surface area contributed by atoms with Crippen LogP contribution < -0.4 is 5.73 Å². The minimum atomic E-state index is 0.124. The van der Waals surface area contributed by atoms with E-state index in [1.807, 2.05) is 6.92 Å². The average molecular weight is 239 g/mol. The molecule has 0 aromatic heterocycles. The Morgan fingerprint density at radius 2 is 1.56 bits per heavy atom. The van der Waals surface area contributed by atoms with Crippen molar-refractivity contribution in [1.82, 2.24) is 0 Å². The summed E-state index contributed by atoms with van der Waals surface area (Å²) in [6, 6.07) is 19.4. The van der Waals surface area contributed by atoms with E-state index in [0.29, 0.717) is 0 Å². The molecule has 0 amide bonds. The molecule has 0 aliphatic heterocycles. The molecule has 0 fully saturated rings. The van der Waals surface area contributed by atoms with Crippen molar-refractivity contribution < 1.29 is 0 Å². The highest BCUT2D eigenvalue weighted by Crippen LogP contribution is 2.14. The number of hydrogen-bond acceptors (Lipinski definition) is 1. The van der Waals surface area contributed by atoms with E-state index in [4.69, 9.17) is 5.73 Å². The summed E-state index contributed by atoms with van der Waals surface area (Å²) >= 11 is 0. The lowest BCUT2D eigenvalue weighted by atomic mass is 10.0. The fourth-order valence-electron chi connectivity index (χ4n) is 2.17. The molecule has 2 aromatic carbocycles. The van der Waals surface area contributed by atoms with Crippen LogP contribution in [0.1, 0.15) is 36.1 Å². The molecule has 0 saturated heterocycles. The van der Waals surface area contributed by atoms with Gasteiger partial charge in [0.1, 0.15) is 0 Å². The largest absolute Gasteiger partial charge is 0.324 e. The lowest BCUT2D eigenvalue weighted by Crippen LogP contribution is -2.05. The molecule has 0 spiro atoms. The molecule has 0 heterocycles. The predicted octanol–water partition coefficient (Wildman–Crippen LogP) is 3.88. The van der Waals surface area contributed by atoms with Gasteiger partial charge in [0.2, 0.25) is 0 Å². The third kappa shape index (κ3) is 3.71. The van der Waals surface area contributed by atoms with Crippen LogP contribution >= 0.6 is 0 Å². The third-order valence-electron chi connectivity index (χ3n) is 3.25. The molecule has 1 atom stereocenters. The highest BCUT2D eigenvalue weighted by Gasteiger charge is 2.00. The van der Waals surface area contributed by atoms with Gasteiger partial charge in [0.15, 0.2) is 0 Å². The van der Waals surface area contributed by atoms with Crippen molar-refractivity contribution in [2.75, 3.05) is 0 Å². The van der Waals surface area contributed by atoms with Crippen molar-refractivity contribution in [1.29, 1.82) is 0 Å². The van der Waals surface area contributed by atoms with Crippen LogP contribution in [0.5, 0.6) is 0 Å². The average Bonchev–Trinajstić information content (AvgIpc) is 2.40. The Labute approximate surface area is 110 Å². The van der Waals surface area contributed by atoms with Crippen LogP contribution in [0.4, 0.5) is 0 Å². The first-order valence-corrected chi connectivity index (χ1v) is 6.64. The zero-order chi connectivity index (χ0) is 12.8. The van der Waals surface area contributed by atoms with E-state index in [1.165, 1.54) is 23.1 Å². The van der Waals surface area contributed by atoms with Crippen LogP contribution in [-0.2, 0) is 12.8 Å². The molecule has 1 unspecified atom stereocenters. The summed E-state index contributed by atoms with van der Waals surface area (Å²) in [5.41, 5.74) is 9.94. The van der Waals surface area contributed by atoms with Crippen molar-refractivity contribution in [2.45, 2.75) is 32.2 Å². The van der Waals surface area contributed by atoms with Crippen LogP contribution in [0.25, 0.3) is 0 Å². The number of hydrogen-bond donors (Lipinski definition) is 1. The second-order valence-electron chi connectivity index (χ2n) is 4.87. The molecule has 2 rings (SSSR count). The second-order valence-corrected chi connectivity index (χ2v) is 4.87. The number of rotatable bonds is 5. The van der Waals surface area contributed by atoms with Gasteiger partial charge < -0.3 is 5.73 Å². The molecule has 0 bridgehead atoms. The summed E-state index contributed by atoms with van der Waals surface area (Å²) < 4.78 is 0. The molecule has 0 saturated carbocycles. The van der Waals surface area contributed by atoms with Crippen LogP contribution in [0.3, 0.4) is 0 Å². The third-order valence-corrected chi connectivity index (χ3v) is 3.25. The van der Waals surface area contributed by atoms with Crippen molar-refractivity contribution in [3.05, 3.63) is 71.3 Å².